The Balaban J connectivity index is 2.13. The van der Waals surface area contributed by atoms with Crippen LogP contribution in [0.15, 0.2) is 78.9 Å². The molecule has 0 atom stereocenters. The lowest BCUT2D eigenvalue weighted by molar-refractivity contribution is 0.615. The largest absolute Gasteiger partial charge is 0.449 e. The van der Waals surface area contributed by atoms with Crippen LogP contribution in [0.25, 0.3) is 22.3 Å². The molecule has 0 aliphatic rings. The van der Waals surface area contributed by atoms with Gasteiger partial charge in [0.25, 0.3) is 0 Å². The summed E-state index contributed by atoms with van der Waals surface area (Å²) in [6.45, 7) is 0. The maximum absolute atomic E-state index is 9.48. The van der Waals surface area contributed by atoms with E-state index in [2.05, 4.69) is 30.3 Å². The molecule has 0 spiro atoms. The van der Waals surface area contributed by atoms with Crippen molar-refractivity contribution in [2.24, 2.45) is 0 Å². The number of benzene rings is 3. The zero-order valence-electron chi connectivity index (χ0n) is 11.2. The van der Waals surface area contributed by atoms with Gasteiger partial charge in [-0.15, -0.1) is 0 Å². The van der Waals surface area contributed by atoms with Gasteiger partial charge in [-0.3, -0.25) is 0 Å². The Bertz CT molecular complexity index is 635. The van der Waals surface area contributed by atoms with E-state index in [4.69, 9.17) is 0 Å². The van der Waals surface area contributed by atoms with Gasteiger partial charge in [0.15, 0.2) is 0 Å². The van der Waals surface area contributed by atoms with Crippen LogP contribution in [-0.2, 0) is 0 Å². The lowest BCUT2D eigenvalue weighted by atomic mass is 9.83. The Morgan fingerprint density at radius 3 is 1.40 bits per heavy atom. The highest BCUT2D eigenvalue weighted by Gasteiger charge is 2.05. The topological polar surface area (TPSA) is 20.2 Å². The van der Waals surface area contributed by atoms with Gasteiger partial charge in [-0.25, -0.2) is 0 Å². The lowest BCUT2D eigenvalue weighted by Gasteiger charge is -2.09. The molecule has 3 aromatic rings. The highest BCUT2D eigenvalue weighted by molar-refractivity contribution is 6.45. The maximum atomic E-state index is 9.48. The van der Waals surface area contributed by atoms with Crippen LogP contribution in [0.2, 0.25) is 0 Å². The van der Waals surface area contributed by atoms with Gasteiger partial charge in [-0.1, -0.05) is 78.3 Å². The minimum Gasteiger partial charge on any atom is -0.449 e. The Morgan fingerprint density at radius 2 is 1.00 bits per heavy atom. The molecule has 0 heterocycles. The molecule has 0 saturated heterocycles. The van der Waals surface area contributed by atoms with E-state index in [0.717, 1.165) is 16.6 Å². The molecule has 0 amide bonds. The Labute approximate surface area is 119 Å². The predicted octanol–water partition coefficient (Wildman–Crippen LogP) is 2.99. The van der Waals surface area contributed by atoms with Crippen molar-refractivity contribution in [2.75, 3.05) is 0 Å². The molecule has 3 aromatic carbocycles. The zero-order valence-corrected chi connectivity index (χ0v) is 11.2. The third kappa shape index (κ3) is 2.66. The first-order chi connectivity index (χ1) is 9.86. The monoisotopic (exact) mass is 258 g/mol. The van der Waals surface area contributed by atoms with E-state index in [1.807, 2.05) is 48.5 Å². The van der Waals surface area contributed by atoms with Crippen molar-refractivity contribution in [3.05, 3.63) is 78.9 Å². The van der Waals surface area contributed by atoms with Gasteiger partial charge in [0.2, 0.25) is 0 Å². The summed E-state index contributed by atoms with van der Waals surface area (Å²) in [5, 5.41) is 9.48. The van der Waals surface area contributed by atoms with E-state index in [1.54, 1.807) is 0 Å². The van der Waals surface area contributed by atoms with Crippen molar-refractivity contribution in [1.29, 1.82) is 0 Å². The van der Waals surface area contributed by atoms with Gasteiger partial charge in [0, 0.05) is 0 Å². The molecule has 2 heteroatoms. The van der Waals surface area contributed by atoms with Crippen LogP contribution < -0.4 is 5.46 Å². The SMILES string of the molecule is OBc1cc(-c2ccccc2)cc(-c2ccccc2)c1. The molecule has 1 N–H and O–H groups in total. The summed E-state index contributed by atoms with van der Waals surface area (Å²) in [5.74, 6) is 0. The second-order valence-corrected chi connectivity index (χ2v) is 4.81. The summed E-state index contributed by atoms with van der Waals surface area (Å²) < 4.78 is 0. The van der Waals surface area contributed by atoms with Gasteiger partial charge >= 0.3 is 7.48 Å². The number of hydrogen-bond acceptors (Lipinski definition) is 1. The van der Waals surface area contributed by atoms with Crippen LogP contribution in [0.5, 0.6) is 0 Å². The molecule has 96 valence electrons. The molecular formula is C18H15BO. The zero-order chi connectivity index (χ0) is 13.8. The van der Waals surface area contributed by atoms with E-state index in [9.17, 15) is 5.02 Å². The molecule has 0 aliphatic carbocycles. The van der Waals surface area contributed by atoms with Crippen molar-refractivity contribution in [2.45, 2.75) is 0 Å². The molecule has 20 heavy (non-hydrogen) atoms. The average Bonchev–Trinajstić information content (AvgIpc) is 2.56. The first kappa shape index (κ1) is 12.7. The fraction of sp³-hybridized carbons (Fsp3) is 0. The molecule has 0 fully saturated rings. The molecule has 0 unspecified atom stereocenters. The minimum atomic E-state index is 0.0561. The van der Waals surface area contributed by atoms with Gasteiger partial charge in [0.05, 0.1) is 0 Å². The first-order valence-electron chi connectivity index (χ1n) is 6.72. The van der Waals surface area contributed by atoms with Gasteiger partial charge in [-0.05, 0) is 28.3 Å². The van der Waals surface area contributed by atoms with Gasteiger partial charge in [-0.2, -0.15) is 0 Å². The van der Waals surface area contributed by atoms with Crippen LogP contribution in [0.3, 0.4) is 0 Å². The third-order valence-electron chi connectivity index (χ3n) is 3.39. The minimum absolute atomic E-state index is 0.0561. The molecule has 0 aromatic heterocycles. The van der Waals surface area contributed by atoms with Crippen molar-refractivity contribution in [1.82, 2.24) is 0 Å². The Kier molecular flexibility index (Phi) is 3.66. The summed E-state index contributed by atoms with van der Waals surface area (Å²) in [7, 11) is 0.0561. The van der Waals surface area contributed by atoms with Crippen molar-refractivity contribution < 1.29 is 5.02 Å². The van der Waals surface area contributed by atoms with E-state index in [1.165, 1.54) is 11.1 Å². The average molecular weight is 258 g/mol. The van der Waals surface area contributed by atoms with Crippen molar-refractivity contribution in [3.8, 4) is 22.3 Å². The normalized spacial score (nSPS) is 10.2. The number of rotatable bonds is 3. The van der Waals surface area contributed by atoms with Crippen molar-refractivity contribution in [3.63, 3.8) is 0 Å². The highest BCUT2D eigenvalue weighted by atomic mass is 16.2. The fourth-order valence-electron chi connectivity index (χ4n) is 2.38. The van der Waals surface area contributed by atoms with Crippen LogP contribution >= 0.6 is 0 Å². The Hall–Kier alpha value is -2.32. The molecule has 0 bridgehead atoms. The summed E-state index contributed by atoms with van der Waals surface area (Å²) in [4.78, 5) is 0. The Morgan fingerprint density at radius 1 is 0.550 bits per heavy atom. The second-order valence-electron chi connectivity index (χ2n) is 4.81. The van der Waals surface area contributed by atoms with Crippen LogP contribution in [0.4, 0.5) is 0 Å². The summed E-state index contributed by atoms with van der Waals surface area (Å²) >= 11 is 0. The number of hydrogen-bond donors (Lipinski definition) is 1. The fourth-order valence-corrected chi connectivity index (χ4v) is 2.38. The molecule has 3 rings (SSSR count). The predicted molar refractivity (Wildman–Crippen MR) is 86.3 cm³/mol. The quantitative estimate of drug-likeness (QED) is 0.716. The van der Waals surface area contributed by atoms with E-state index in [0.29, 0.717) is 0 Å². The van der Waals surface area contributed by atoms with Crippen LogP contribution in [-0.4, -0.2) is 12.5 Å². The highest BCUT2D eigenvalue weighted by Crippen LogP contribution is 2.25. The summed E-state index contributed by atoms with van der Waals surface area (Å²) in [5.41, 5.74) is 5.54. The summed E-state index contributed by atoms with van der Waals surface area (Å²) in [6, 6.07) is 26.8. The smallest absolute Gasteiger partial charge is 0.304 e. The standard InChI is InChI=1S/C18H15BO/c20-19-18-12-16(14-7-3-1-4-8-14)11-17(13-18)15-9-5-2-6-10-15/h1-13,19-20H. The van der Waals surface area contributed by atoms with Crippen LogP contribution in [0, 0.1) is 0 Å². The molecule has 0 saturated carbocycles. The van der Waals surface area contributed by atoms with Gasteiger partial charge in [0.1, 0.15) is 0 Å². The lowest BCUT2D eigenvalue weighted by Crippen LogP contribution is -2.13. The summed E-state index contributed by atoms with van der Waals surface area (Å²) in [6.07, 6.45) is 0. The van der Waals surface area contributed by atoms with E-state index >= 15 is 0 Å². The maximum Gasteiger partial charge on any atom is 0.304 e. The molecule has 0 aliphatic heterocycles. The second kappa shape index (κ2) is 5.76. The van der Waals surface area contributed by atoms with Crippen molar-refractivity contribution >= 4 is 12.9 Å². The first-order valence-corrected chi connectivity index (χ1v) is 6.72. The molecule has 1 nitrogen and oxygen atoms in total. The molecule has 0 radical (unpaired) electrons. The van der Waals surface area contributed by atoms with E-state index in [-0.39, 0.29) is 7.48 Å². The van der Waals surface area contributed by atoms with Crippen LogP contribution in [0.1, 0.15) is 0 Å². The van der Waals surface area contributed by atoms with E-state index < -0.39 is 0 Å². The molecular weight excluding hydrogens is 243 g/mol. The van der Waals surface area contributed by atoms with Gasteiger partial charge < -0.3 is 5.02 Å². The third-order valence-corrected chi connectivity index (χ3v) is 3.39.